The van der Waals surface area contributed by atoms with E-state index in [0.29, 0.717) is 19.4 Å². The molecule has 0 bridgehead atoms. The maximum absolute atomic E-state index is 10.7. The molecule has 64 valence electrons. The van der Waals surface area contributed by atoms with Gasteiger partial charge in [0.25, 0.3) is 0 Å². The van der Waals surface area contributed by atoms with Gasteiger partial charge in [-0.25, -0.2) is 4.79 Å². The SMILES string of the molecule is CC(CCCN)C(=O)C(=O)O. The lowest BCUT2D eigenvalue weighted by Gasteiger charge is -2.04. The van der Waals surface area contributed by atoms with Gasteiger partial charge in [0.05, 0.1) is 0 Å². The highest BCUT2D eigenvalue weighted by Crippen LogP contribution is 2.05. The Labute approximate surface area is 65.4 Å². The van der Waals surface area contributed by atoms with Gasteiger partial charge < -0.3 is 10.8 Å². The molecule has 4 heteroatoms. The number of carbonyl (C=O) groups is 2. The molecule has 0 amide bonds. The molecule has 0 saturated carbocycles. The van der Waals surface area contributed by atoms with Gasteiger partial charge in [0, 0.05) is 5.92 Å². The van der Waals surface area contributed by atoms with Gasteiger partial charge >= 0.3 is 5.97 Å². The lowest BCUT2D eigenvalue weighted by atomic mass is 10.0. The van der Waals surface area contributed by atoms with Crippen molar-refractivity contribution in [1.82, 2.24) is 0 Å². The summed E-state index contributed by atoms with van der Waals surface area (Å²) in [7, 11) is 0. The first-order valence-corrected chi connectivity index (χ1v) is 3.56. The number of rotatable bonds is 5. The summed E-state index contributed by atoms with van der Waals surface area (Å²) in [6.07, 6.45) is 1.25. The number of carboxylic acid groups (broad SMARTS) is 1. The zero-order valence-corrected chi connectivity index (χ0v) is 6.54. The number of hydrogen-bond donors (Lipinski definition) is 2. The molecule has 4 nitrogen and oxygen atoms in total. The second-order valence-corrected chi connectivity index (χ2v) is 2.50. The highest BCUT2D eigenvalue weighted by atomic mass is 16.4. The van der Waals surface area contributed by atoms with Crippen LogP contribution in [-0.4, -0.2) is 23.4 Å². The fraction of sp³-hybridized carbons (Fsp3) is 0.714. The second-order valence-electron chi connectivity index (χ2n) is 2.50. The van der Waals surface area contributed by atoms with Crippen molar-refractivity contribution >= 4 is 11.8 Å². The summed E-state index contributed by atoms with van der Waals surface area (Å²) < 4.78 is 0. The zero-order valence-electron chi connectivity index (χ0n) is 6.54. The summed E-state index contributed by atoms with van der Waals surface area (Å²) in [6.45, 7) is 2.10. The molecule has 11 heavy (non-hydrogen) atoms. The summed E-state index contributed by atoms with van der Waals surface area (Å²) >= 11 is 0. The van der Waals surface area contributed by atoms with E-state index in [1.54, 1.807) is 6.92 Å². The van der Waals surface area contributed by atoms with Gasteiger partial charge in [0.1, 0.15) is 0 Å². The van der Waals surface area contributed by atoms with Gasteiger partial charge in [-0.1, -0.05) is 6.92 Å². The number of carboxylic acids is 1. The Morgan fingerprint density at radius 3 is 2.45 bits per heavy atom. The van der Waals surface area contributed by atoms with Crippen molar-refractivity contribution in [2.75, 3.05) is 6.54 Å². The first kappa shape index (κ1) is 10.1. The minimum atomic E-state index is -1.35. The maximum atomic E-state index is 10.7. The molecule has 0 fully saturated rings. The van der Waals surface area contributed by atoms with Gasteiger partial charge in [-0.2, -0.15) is 0 Å². The molecule has 0 radical (unpaired) electrons. The van der Waals surface area contributed by atoms with Crippen LogP contribution >= 0.6 is 0 Å². The van der Waals surface area contributed by atoms with Gasteiger partial charge in [0.15, 0.2) is 0 Å². The average Bonchev–Trinajstić information content (AvgIpc) is 1.98. The third-order valence-corrected chi connectivity index (χ3v) is 1.50. The molecule has 0 rings (SSSR count). The van der Waals surface area contributed by atoms with Crippen molar-refractivity contribution in [3.8, 4) is 0 Å². The Morgan fingerprint density at radius 1 is 1.55 bits per heavy atom. The first-order chi connectivity index (χ1) is 5.09. The number of ketones is 1. The quantitative estimate of drug-likeness (QED) is 0.554. The Bertz CT molecular complexity index is 156. The van der Waals surface area contributed by atoms with E-state index < -0.39 is 17.7 Å². The monoisotopic (exact) mass is 159 g/mol. The van der Waals surface area contributed by atoms with E-state index in [9.17, 15) is 9.59 Å². The van der Waals surface area contributed by atoms with Crippen molar-refractivity contribution in [2.45, 2.75) is 19.8 Å². The van der Waals surface area contributed by atoms with E-state index in [1.165, 1.54) is 0 Å². The van der Waals surface area contributed by atoms with Crippen LogP contribution in [0.5, 0.6) is 0 Å². The molecule has 0 spiro atoms. The lowest BCUT2D eigenvalue weighted by molar-refractivity contribution is -0.150. The topological polar surface area (TPSA) is 80.4 Å². The lowest BCUT2D eigenvalue weighted by Crippen LogP contribution is -2.21. The normalized spacial score (nSPS) is 12.5. The Kier molecular flexibility index (Phi) is 4.45. The van der Waals surface area contributed by atoms with E-state index in [0.717, 1.165) is 0 Å². The van der Waals surface area contributed by atoms with E-state index >= 15 is 0 Å². The van der Waals surface area contributed by atoms with Crippen molar-refractivity contribution in [3.63, 3.8) is 0 Å². The smallest absolute Gasteiger partial charge is 0.372 e. The summed E-state index contributed by atoms with van der Waals surface area (Å²) in [5, 5.41) is 8.27. The van der Waals surface area contributed by atoms with Crippen LogP contribution in [0.1, 0.15) is 19.8 Å². The van der Waals surface area contributed by atoms with Gasteiger partial charge in [-0.05, 0) is 19.4 Å². The van der Waals surface area contributed by atoms with E-state index in [-0.39, 0.29) is 0 Å². The molecule has 1 unspecified atom stereocenters. The molecular weight excluding hydrogens is 146 g/mol. The first-order valence-electron chi connectivity index (χ1n) is 3.56. The van der Waals surface area contributed by atoms with Crippen LogP contribution in [0.25, 0.3) is 0 Å². The fourth-order valence-electron chi connectivity index (χ4n) is 0.766. The number of aliphatic carboxylic acids is 1. The molecule has 0 aliphatic heterocycles. The minimum Gasteiger partial charge on any atom is -0.475 e. The number of Topliss-reactive ketones (excluding diaryl/α,β-unsaturated/α-hetero) is 1. The van der Waals surface area contributed by atoms with E-state index in [2.05, 4.69) is 0 Å². The molecule has 1 atom stereocenters. The summed E-state index contributed by atoms with van der Waals surface area (Å²) in [5.41, 5.74) is 5.19. The van der Waals surface area contributed by atoms with Crippen LogP contribution in [0.4, 0.5) is 0 Å². The van der Waals surface area contributed by atoms with Crippen LogP contribution in [0, 0.1) is 5.92 Å². The Hall–Kier alpha value is -0.900. The van der Waals surface area contributed by atoms with E-state index in [4.69, 9.17) is 10.8 Å². The van der Waals surface area contributed by atoms with Crippen LogP contribution in [0.15, 0.2) is 0 Å². The van der Waals surface area contributed by atoms with Gasteiger partial charge in [-0.3, -0.25) is 4.79 Å². The van der Waals surface area contributed by atoms with Crippen LogP contribution in [-0.2, 0) is 9.59 Å². The molecule has 0 heterocycles. The van der Waals surface area contributed by atoms with Gasteiger partial charge in [0.2, 0.25) is 5.78 Å². The van der Waals surface area contributed by atoms with E-state index in [1.807, 2.05) is 0 Å². The molecule has 0 saturated heterocycles. The number of nitrogens with two attached hydrogens (primary N) is 1. The van der Waals surface area contributed by atoms with Crippen LogP contribution < -0.4 is 5.73 Å². The molecule has 3 N–H and O–H groups in total. The molecular formula is C7H13NO3. The number of hydrogen-bond acceptors (Lipinski definition) is 3. The van der Waals surface area contributed by atoms with Gasteiger partial charge in [-0.15, -0.1) is 0 Å². The fourth-order valence-corrected chi connectivity index (χ4v) is 0.766. The maximum Gasteiger partial charge on any atom is 0.372 e. The van der Waals surface area contributed by atoms with Crippen molar-refractivity contribution in [3.05, 3.63) is 0 Å². The molecule has 0 aromatic rings. The zero-order chi connectivity index (χ0) is 8.85. The number of carbonyl (C=O) groups excluding carboxylic acids is 1. The molecule has 0 aliphatic rings. The Balaban J connectivity index is 3.73. The Morgan fingerprint density at radius 2 is 2.09 bits per heavy atom. The van der Waals surface area contributed by atoms with Crippen LogP contribution in [0.3, 0.4) is 0 Å². The second kappa shape index (κ2) is 4.85. The highest BCUT2D eigenvalue weighted by molar-refractivity contribution is 6.33. The summed E-state index contributed by atoms with van der Waals surface area (Å²) in [5.74, 6) is -2.48. The third kappa shape index (κ3) is 3.72. The molecule has 0 aromatic heterocycles. The third-order valence-electron chi connectivity index (χ3n) is 1.50. The summed E-state index contributed by atoms with van der Waals surface area (Å²) in [4.78, 5) is 20.8. The minimum absolute atomic E-state index is 0.406. The highest BCUT2D eigenvalue weighted by Gasteiger charge is 2.18. The van der Waals surface area contributed by atoms with Crippen molar-refractivity contribution < 1.29 is 14.7 Å². The summed E-state index contributed by atoms with van der Waals surface area (Å²) in [6, 6.07) is 0. The van der Waals surface area contributed by atoms with Crippen molar-refractivity contribution in [1.29, 1.82) is 0 Å². The average molecular weight is 159 g/mol. The predicted octanol–water partition coefficient (Wildman–Crippen LogP) is 0.0151. The standard InChI is InChI=1S/C7H13NO3/c1-5(3-2-4-8)6(9)7(10)11/h5H,2-4,8H2,1H3,(H,10,11). The van der Waals surface area contributed by atoms with Crippen LogP contribution in [0.2, 0.25) is 0 Å². The largest absolute Gasteiger partial charge is 0.475 e. The predicted molar refractivity (Wildman–Crippen MR) is 40.1 cm³/mol. The molecule has 0 aliphatic carbocycles. The molecule has 0 aromatic carbocycles. The van der Waals surface area contributed by atoms with Crippen molar-refractivity contribution in [2.24, 2.45) is 11.7 Å².